The van der Waals surface area contributed by atoms with E-state index in [1.807, 2.05) is 0 Å². The molecule has 1 aromatic rings. The van der Waals surface area contributed by atoms with Crippen LogP contribution in [-0.4, -0.2) is 61.4 Å². The van der Waals surface area contributed by atoms with E-state index in [0.717, 1.165) is 18.7 Å². The summed E-state index contributed by atoms with van der Waals surface area (Å²) < 4.78 is 15.7. The number of nitriles is 3. The second-order valence-corrected chi connectivity index (χ2v) is 8.77. The van der Waals surface area contributed by atoms with E-state index in [1.165, 1.54) is 0 Å². The van der Waals surface area contributed by atoms with Gasteiger partial charge in [0, 0.05) is 42.7 Å². The standard InChI is InChI=1S/C26H28N4O6/c1-17(4-6-21(31)35-12-9-30-7-10-34-11-8-30)3-5-19-23(26(14-27,15-28)16-29)18(2)20-13-36-25(33)22(20)24(19)32/h3,32H,4-13H2,1-2H3/b17-3+. The van der Waals surface area contributed by atoms with Gasteiger partial charge in [-0.05, 0) is 32.3 Å². The fourth-order valence-corrected chi connectivity index (χ4v) is 4.40. The summed E-state index contributed by atoms with van der Waals surface area (Å²) in [6.07, 6.45) is 2.35. The number of hydrogen-bond acceptors (Lipinski definition) is 10. The molecule has 0 unspecified atom stereocenters. The predicted molar refractivity (Wildman–Crippen MR) is 125 cm³/mol. The first kappa shape index (κ1) is 26.7. The van der Waals surface area contributed by atoms with Crippen molar-refractivity contribution in [1.82, 2.24) is 4.90 Å². The molecule has 188 valence electrons. The Morgan fingerprint density at radius 2 is 1.86 bits per heavy atom. The van der Waals surface area contributed by atoms with Crippen molar-refractivity contribution in [3.05, 3.63) is 39.5 Å². The van der Waals surface area contributed by atoms with E-state index in [-0.39, 0.29) is 42.1 Å². The molecule has 3 rings (SSSR count). The Morgan fingerprint density at radius 1 is 1.19 bits per heavy atom. The third-order valence-corrected chi connectivity index (χ3v) is 6.54. The Hall–Kier alpha value is -3.91. The number of phenols is 1. The highest BCUT2D eigenvalue weighted by Gasteiger charge is 2.41. The summed E-state index contributed by atoms with van der Waals surface area (Å²) in [6, 6.07) is 5.28. The lowest BCUT2D eigenvalue weighted by atomic mass is 9.76. The lowest BCUT2D eigenvalue weighted by molar-refractivity contribution is -0.144. The minimum absolute atomic E-state index is 0.0103. The van der Waals surface area contributed by atoms with Gasteiger partial charge in [0.25, 0.3) is 5.41 Å². The van der Waals surface area contributed by atoms with Gasteiger partial charge in [-0.25, -0.2) is 4.79 Å². The molecule has 0 amide bonds. The van der Waals surface area contributed by atoms with Crippen LogP contribution in [0.3, 0.4) is 0 Å². The molecule has 1 fully saturated rings. The molecule has 2 aliphatic heterocycles. The van der Waals surface area contributed by atoms with Crippen LogP contribution in [0.1, 0.15) is 52.4 Å². The molecule has 0 bridgehead atoms. The van der Waals surface area contributed by atoms with Crippen LogP contribution in [0.15, 0.2) is 11.6 Å². The molecule has 0 spiro atoms. The smallest absolute Gasteiger partial charge is 0.342 e. The maximum Gasteiger partial charge on any atom is 0.342 e. The van der Waals surface area contributed by atoms with Crippen molar-refractivity contribution in [3.63, 3.8) is 0 Å². The minimum Gasteiger partial charge on any atom is -0.507 e. The van der Waals surface area contributed by atoms with E-state index in [2.05, 4.69) is 4.90 Å². The summed E-state index contributed by atoms with van der Waals surface area (Å²) in [5.74, 6) is -1.42. The maximum absolute atomic E-state index is 12.2. The lowest BCUT2D eigenvalue weighted by Crippen LogP contribution is -2.38. The summed E-state index contributed by atoms with van der Waals surface area (Å²) in [4.78, 5) is 26.5. The number of esters is 2. The molecule has 0 atom stereocenters. The largest absolute Gasteiger partial charge is 0.507 e. The topological polar surface area (TPSA) is 157 Å². The van der Waals surface area contributed by atoms with E-state index >= 15 is 0 Å². The van der Waals surface area contributed by atoms with E-state index in [0.29, 0.717) is 43.9 Å². The Kier molecular flexibility index (Phi) is 8.66. The molecule has 1 saturated heterocycles. The zero-order valence-corrected chi connectivity index (χ0v) is 20.4. The summed E-state index contributed by atoms with van der Waals surface area (Å²) in [6.45, 7) is 7.25. The van der Waals surface area contributed by atoms with E-state index in [1.54, 1.807) is 38.1 Å². The molecular weight excluding hydrogens is 464 g/mol. The van der Waals surface area contributed by atoms with Crippen molar-refractivity contribution in [2.45, 2.75) is 45.1 Å². The first-order valence-corrected chi connectivity index (χ1v) is 11.7. The van der Waals surface area contributed by atoms with Gasteiger partial charge in [-0.15, -0.1) is 0 Å². The quantitative estimate of drug-likeness (QED) is 0.401. The highest BCUT2D eigenvalue weighted by Crippen LogP contribution is 2.42. The number of aromatic hydroxyl groups is 1. The number of allylic oxidation sites excluding steroid dienone is 2. The molecule has 0 aromatic heterocycles. The monoisotopic (exact) mass is 492 g/mol. The number of ether oxygens (including phenoxy) is 3. The number of rotatable bonds is 9. The van der Waals surface area contributed by atoms with Crippen molar-refractivity contribution in [2.75, 3.05) is 39.5 Å². The molecule has 36 heavy (non-hydrogen) atoms. The number of fused-ring (bicyclic) bond motifs is 1. The SMILES string of the molecule is C/C(=C\Cc1c(O)c2c(c(C)c1C(C#N)(C#N)C#N)COC2=O)CCC(=O)OCCN1CCOCC1. The summed E-state index contributed by atoms with van der Waals surface area (Å²) in [5, 5.41) is 40.0. The molecular formula is C26H28N4O6. The summed E-state index contributed by atoms with van der Waals surface area (Å²) in [7, 11) is 0. The second kappa shape index (κ2) is 11.7. The van der Waals surface area contributed by atoms with Gasteiger partial charge >= 0.3 is 11.9 Å². The van der Waals surface area contributed by atoms with Crippen molar-refractivity contribution in [3.8, 4) is 24.0 Å². The lowest BCUT2D eigenvalue weighted by Gasteiger charge is -2.26. The minimum atomic E-state index is -2.16. The van der Waals surface area contributed by atoms with Crippen molar-refractivity contribution >= 4 is 11.9 Å². The molecule has 0 radical (unpaired) electrons. The van der Waals surface area contributed by atoms with Gasteiger partial charge < -0.3 is 19.3 Å². The van der Waals surface area contributed by atoms with Crippen LogP contribution < -0.4 is 0 Å². The number of cyclic esters (lactones) is 1. The number of carbonyl (C=O) groups is 2. The van der Waals surface area contributed by atoms with Gasteiger partial charge in [0.2, 0.25) is 0 Å². The third kappa shape index (κ3) is 5.49. The van der Waals surface area contributed by atoms with Crippen LogP contribution in [0.5, 0.6) is 5.75 Å². The predicted octanol–water partition coefficient (Wildman–Crippen LogP) is 2.32. The number of phenolic OH excluding ortho intramolecular Hbond substituents is 1. The summed E-state index contributed by atoms with van der Waals surface area (Å²) in [5.41, 5.74) is -0.404. The van der Waals surface area contributed by atoms with Crippen molar-refractivity contribution in [1.29, 1.82) is 15.8 Å². The Bertz CT molecular complexity index is 1160. The van der Waals surface area contributed by atoms with Crippen LogP contribution in [0, 0.1) is 40.9 Å². The van der Waals surface area contributed by atoms with Gasteiger partial charge in [-0.3, -0.25) is 9.69 Å². The first-order chi connectivity index (χ1) is 17.3. The number of carbonyl (C=O) groups excluding carboxylic acids is 2. The van der Waals surface area contributed by atoms with Crippen LogP contribution in [0.2, 0.25) is 0 Å². The van der Waals surface area contributed by atoms with E-state index in [4.69, 9.17) is 14.2 Å². The zero-order chi connectivity index (χ0) is 26.3. The van der Waals surface area contributed by atoms with Gasteiger partial charge in [0.15, 0.2) is 0 Å². The van der Waals surface area contributed by atoms with Crippen LogP contribution in [-0.2, 0) is 37.4 Å². The van der Waals surface area contributed by atoms with Gasteiger partial charge in [-0.1, -0.05) is 11.6 Å². The van der Waals surface area contributed by atoms with Gasteiger partial charge in [0.1, 0.15) is 42.7 Å². The number of nitrogens with zero attached hydrogens (tertiary/aromatic N) is 4. The van der Waals surface area contributed by atoms with Crippen LogP contribution >= 0.6 is 0 Å². The fourth-order valence-electron chi connectivity index (χ4n) is 4.40. The fraction of sp³-hybridized carbons (Fsp3) is 0.500. The first-order valence-electron chi connectivity index (χ1n) is 11.7. The number of benzene rings is 1. The van der Waals surface area contributed by atoms with Crippen molar-refractivity contribution < 1.29 is 28.9 Å². The molecule has 10 heteroatoms. The van der Waals surface area contributed by atoms with Crippen molar-refractivity contribution in [2.24, 2.45) is 0 Å². The van der Waals surface area contributed by atoms with Gasteiger partial charge in [-0.2, -0.15) is 15.8 Å². The average Bonchev–Trinajstić information content (AvgIpc) is 3.29. The van der Waals surface area contributed by atoms with Crippen LogP contribution in [0.25, 0.3) is 0 Å². The Morgan fingerprint density at radius 3 is 2.50 bits per heavy atom. The zero-order valence-electron chi connectivity index (χ0n) is 20.4. The number of morpholine rings is 1. The molecule has 0 saturated carbocycles. The number of hydrogen-bond donors (Lipinski definition) is 1. The third-order valence-electron chi connectivity index (χ3n) is 6.54. The molecule has 0 aliphatic carbocycles. The summed E-state index contributed by atoms with van der Waals surface area (Å²) >= 11 is 0. The molecule has 1 aromatic carbocycles. The molecule has 1 N–H and O–H groups in total. The second-order valence-electron chi connectivity index (χ2n) is 8.77. The average molecular weight is 493 g/mol. The van der Waals surface area contributed by atoms with E-state index < -0.39 is 17.1 Å². The molecule has 2 heterocycles. The Balaban J connectivity index is 1.73. The van der Waals surface area contributed by atoms with Gasteiger partial charge in [0.05, 0.1) is 13.2 Å². The highest BCUT2D eigenvalue weighted by atomic mass is 16.5. The molecule has 2 aliphatic rings. The Labute approximate surface area is 209 Å². The van der Waals surface area contributed by atoms with E-state index in [9.17, 15) is 30.5 Å². The maximum atomic E-state index is 12.2. The van der Waals surface area contributed by atoms with Crippen LogP contribution in [0.4, 0.5) is 0 Å². The highest BCUT2D eigenvalue weighted by molar-refractivity contribution is 5.98. The molecule has 10 nitrogen and oxygen atoms in total. The normalized spacial score (nSPS) is 15.9.